The van der Waals surface area contributed by atoms with Crippen LogP contribution in [0.4, 0.5) is 0 Å². The highest BCUT2D eigenvalue weighted by molar-refractivity contribution is 7.99. The fourth-order valence-electron chi connectivity index (χ4n) is 3.39. The summed E-state index contributed by atoms with van der Waals surface area (Å²) in [5.41, 5.74) is 0.474. The van der Waals surface area contributed by atoms with Gasteiger partial charge in [0.05, 0.1) is 42.8 Å². The molecule has 2 heterocycles. The van der Waals surface area contributed by atoms with Gasteiger partial charge < -0.3 is 14.4 Å². The number of thioether (sulfide) groups is 1. The number of likely N-dealkylation sites (tertiary alicyclic amines) is 1. The van der Waals surface area contributed by atoms with Crippen molar-refractivity contribution >= 4 is 34.5 Å². The Balaban J connectivity index is 1.70. The maximum Gasteiger partial charge on any atom is 0.308 e. The summed E-state index contributed by atoms with van der Waals surface area (Å²) in [6.07, 6.45) is 1.21. The molecule has 1 aliphatic rings. The van der Waals surface area contributed by atoms with Gasteiger partial charge in [-0.05, 0) is 25.0 Å². The van der Waals surface area contributed by atoms with Crippen molar-refractivity contribution in [1.82, 2.24) is 14.5 Å². The second kappa shape index (κ2) is 9.89. The summed E-state index contributed by atoms with van der Waals surface area (Å²) < 4.78 is 11.5. The minimum absolute atomic E-state index is 0.0287. The maximum atomic E-state index is 12.8. The first-order chi connectivity index (χ1) is 14.0. The van der Waals surface area contributed by atoms with Crippen molar-refractivity contribution in [3.63, 3.8) is 0 Å². The molecule has 1 amide bonds. The molecule has 1 aliphatic heterocycles. The monoisotopic (exact) mass is 419 g/mol. The zero-order chi connectivity index (χ0) is 20.8. The van der Waals surface area contributed by atoms with Crippen LogP contribution in [0.15, 0.2) is 34.2 Å². The highest BCUT2D eigenvalue weighted by atomic mass is 32.2. The Kier molecular flexibility index (Phi) is 7.27. The van der Waals surface area contributed by atoms with Crippen LogP contribution in [-0.4, -0.2) is 66.0 Å². The molecule has 0 atom stereocenters. The first-order valence-electron chi connectivity index (χ1n) is 9.52. The van der Waals surface area contributed by atoms with Gasteiger partial charge in [0.2, 0.25) is 5.91 Å². The molecule has 0 spiro atoms. The number of hydrogen-bond donors (Lipinski definition) is 0. The normalized spacial score (nSPS) is 14.9. The Labute approximate surface area is 173 Å². The van der Waals surface area contributed by atoms with E-state index < -0.39 is 0 Å². The van der Waals surface area contributed by atoms with Crippen molar-refractivity contribution in [2.24, 2.45) is 5.92 Å². The van der Waals surface area contributed by atoms with Crippen LogP contribution in [0.2, 0.25) is 0 Å². The Morgan fingerprint density at radius 3 is 2.62 bits per heavy atom. The van der Waals surface area contributed by atoms with Gasteiger partial charge in [-0.2, -0.15) is 0 Å². The average molecular weight is 420 g/mol. The number of amides is 1. The van der Waals surface area contributed by atoms with Crippen LogP contribution in [0.1, 0.15) is 12.8 Å². The molecule has 0 N–H and O–H groups in total. The molecule has 0 radical (unpaired) electrons. The number of ether oxygens (including phenoxy) is 2. The van der Waals surface area contributed by atoms with Crippen LogP contribution in [0.25, 0.3) is 10.9 Å². The molecule has 9 heteroatoms. The van der Waals surface area contributed by atoms with E-state index in [1.54, 1.807) is 34.8 Å². The van der Waals surface area contributed by atoms with E-state index >= 15 is 0 Å². The van der Waals surface area contributed by atoms with Gasteiger partial charge in [0.1, 0.15) is 0 Å². The summed E-state index contributed by atoms with van der Waals surface area (Å²) >= 11 is 1.25. The quantitative estimate of drug-likeness (QED) is 0.382. The third-order valence-corrected chi connectivity index (χ3v) is 6.01. The summed E-state index contributed by atoms with van der Waals surface area (Å²) in [6.45, 7) is 1.80. The van der Waals surface area contributed by atoms with Gasteiger partial charge in [-0.15, -0.1) is 0 Å². The zero-order valence-electron chi connectivity index (χ0n) is 16.6. The number of nitrogens with zero attached hydrogens (tertiary/aromatic N) is 3. The summed E-state index contributed by atoms with van der Waals surface area (Å²) in [5.74, 6) is -0.202. The number of benzene rings is 1. The lowest BCUT2D eigenvalue weighted by Crippen LogP contribution is -2.41. The summed E-state index contributed by atoms with van der Waals surface area (Å²) in [6, 6.07) is 7.18. The van der Waals surface area contributed by atoms with Crippen molar-refractivity contribution in [2.75, 3.05) is 39.7 Å². The van der Waals surface area contributed by atoms with E-state index in [0.717, 1.165) is 0 Å². The second-order valence-corrected chi connectivity index (χ2v) is 7.77. The first-order valence-corrected chi connectivity index (χ1v) is 10.5. The van der Waals surface area contributed by atoms with E-state index in [2.05, 4.69) is 4.98 Å². The molecule has 0 aliphatic carbocycles. The van der Waals surface area contributed by atoms with Gasteiger partial charge in [-0.3, -0.25) is 19.0 Å². The minimum Gasteiger partial charge on any atom is -0.469 e. The minimum atomic E-state index is -0.214. The lowest BCUT2D eigenvalue weighted by Gasteiger charge is -2.30. The Morgan fingerprint density at radius 1 is 1.21 bits per heavy atom. The molecule has 3 rings (SSSR count). The van der Waals surface area contributed by atoms with Crippen molar-refractivity contribution in [1.29, 1.82) is 0 Å². The van der Waals surface area contributed by atoms with E-state index in [1.807, 2.05) is 6.07 Å². The third kappa shape index (κ3) is 4.97. The molecule has 1 saturated heterocycles. The SMILES string of the molecule is COCCn1c(SCC(=O)N2CCC(C(=O)OC)CC2)nc2ccccc2c1=O. The fraction of sp³-hybridized carbons (Fsp3) is 0.500. The highest BCUT2D eigenvalue weighted by Crippen LogP contribution is 2.22. The predicted molar refractivity (Wildman–Crippen MR) is 110 cm³/mol. The lowest BCUT2D eigenvalue weighted by atomic mass is 9.97. The zero-order valence-corrected chi connectivity index (χ0v) is 17.4. The molecule has 156 valence electrons. The molecule has 8 nitrogen and oxygen atoms in total. The summed E-state index contributed by atoms with van der Waals surface area (Å²) in [5, 5.41) is 1.05. The Morgan fingerprint density at radius 2 is 1.93 bits per heavy atom. The predicted octanol–water partition coefficient (Wildman–Crippen LogP) is 1.55. The number of methoxy groups -OCH3 is 2. The van der Waals surface area contributed by atoms with Gasteiger partial charge in [0, 0.05) is 20.2 Å². The number of piperidine rings is 1. The largest absolute Gasteiger partial charge is 0.469 e. The molecular formula is C20H25N3O5S. The standard InChI is InChI=1S/C20H25N3O5S/c1-27-12-11-23-18(25)15-5-3-4-6-16(15)21-20(23)29-13-17(24)22-9-7-14(8-10-22)19(26)28-2/h3-6,14H,7-13H2,1-2H3. The van der Waals surface area contributed by atoms with Gasteiger partial charge >= 0.3 is 5.97 Å². The Hall–Kier alpha value is -2.39. The second-order valence-electron chi connectivity index (χ2n) is 6.83. The van der Waals surface area contributed by atoms with E-state index in [4.69, 9.17) is 9.47 Å². The Bertz CT molecular complexity index is 937. The number of carbonyl (C=O) groups is 2. The first kappa shape index (κ1) is 21.3. The molecule has 0 bridgehead atoms. The van der Waals surface area contributed by atoms with Gasteiger partial charge in [0.25, 0.3) is 5.56 Å². The van der Waals surface area contributed by atoms with Crippen LogP contribution in [0, 0.1) is 5.92 Å². The molecule has 0 unspecified atom stereocenters. The molecule has 0 saturated carbocycles. The average Bonchev–Trinajstić information content (AvgIpc) is 2.76. The van der Waals surface area contributed by atoms with E-state index in [1.165, 1.54) is 18.9 Å². The lowest BCUT2D eigenvalue weighted by molar-refractivity contribution is -0.148. The number of para-hydroxylation sites is 1. The van der Waals surface area contributed by atoms with Crippen LogP contribution in [-0.2, 0) is 25.6 Å². The van der Waals surface area contributed by atoms with Crippen molar-refractivity contribution < 1.29 is 19.1 Å². The van der Waals surface area contributed by atoms with Gasteiger partial charge in [0.15, 0.2) is 5.16 Å². The fourth-order valence-corrected chi connectivity index (χ4v) is 4.31. The van der Waals surface area contributed by atoms with Crippen LogP contribution < -0.4 is 5.56 Å². The van der Waals surface area contributed by atoms with Crippen LogP contribution >= 0.6 is 11.8 Å². The van der Waals surface area contributed by atoms with Crippen molar-refractivity contribution in [3.05, 3.63) is 34.6 Å². The molecule has 1 aromatic carbocycles. The van der Waals surface area contributed by atoms with Crippen molar-refractivity contribution in [3.8, 4) is 0 Å². The number of hydrogen-bond acceptors (Lipinski definition) is 7. The van der Waals surface area contributed by atoms with Gasteiger partial charge in [-0.1, -0.05) is 23.9 Å². The molecule has 1 aromatic heterocycles. The van der Waals surface area contributed by atoms with Crippen molar-refractivity contribution in [2.45, 2.75) is 24.5 Å². The van der Waals surface area contributed by atoms with E-state index in [0.29, 0.717) is 55.1 Å². The number of aromatic nitrogens is 2. The number of rotatable bonds is 7. The third-order valence-electron chi connectivity index (χ3n) is 5.05. The smallest absolute Gasteiger partial charge is 0.308 e. The molecular weight excluding hydrogens is 394 g/mol. The highest BCUT2D eigenvalue weighted by Gasteiger charge is 2.28. The number of carbonyl (C=O) groups excluding carboxylic acids is 2. The van der Waals surface area contributed by atoms with E-state index in [9.17, 15) is 14.4 Å². The molecule has 29 heavy (non-hydrogen) atoms. The number of fused-ring (bicyclic) bond motifs is 1. The van der Waals surface area contributed by atoms with E-state index in [-0.39, 0.29) is 29.1 Å². The molecule has 2 aromatic rings. The number of esters is 1. The van der Waals surface area contributed by atoms with Crippen LogP contribution in [0.3, 0.4) is 0 Å². The summed E-state index contributed by atoms with van der Waals surface area (Å²) in [7, 11) is 2.96. The van der Waals surface area contributed by atoms with Crippen LogP contribution in [0.5, 0.6) is 0 Å². The maximum absolute atomic E-state index is 12.8. The topological polar surface area (TPSA) is 90.7 Å². The summed E-state index contributed by atoms with van der Waals surface area (Å²) in [4.78, 5) is 43.5. The molecule has 1 fully saturated rings. The van der Waals surface area contributed by atoms with Gasteiger partial charge in [-0.25, -0.2) is 4.98 Å².